The summed E-state index contributed by atoms with van der Waals surface area (Å²) in [6.07, 6.45) is 6.48. The highest BCUT2D eigenvalue weighted by Gasteiger charge is 2.19. The van der Waals surface area contributed by atoms with E-state index in [9.17, 15) is 9.59 Å². The summed E-state index contributed by atoms with van der Waals surface area (Å²) < 4.78 is 0. The van der Waals surface area contributed by atoms with Gasteiger partial charge in [0.25, 0.3) is 0 Å². The molecule has 0 unspecified atom stereocenters. The topological polar surface area (TPSA) is 70.6 Å². The van der Waals surface area contributed by atoms with Crippen LogP contribution >= 0.6 is 23.2 Å². The van der Waals surface area contributed by atoms with Crippen LogP contribution in [-0.2, 0) is 9.59 Å². The van der Waals surface area contributed by atoms with E-state index in [-0.39, 0.29) is 6.04 Å². The molecular weight excluding hydrogens is 325 g/mol. The zero-order valence-electron chi connectivity index (χ0n) is 11.9. The van der Waals surface area contributed by atoms with Gasteiger partial charge in [-0.15, -0.1) is 0 Å². The Morgan fingerprint density at radius 3 is 2.36 bits per heavy atom. The van der Waals surface area contributed by atoms with E-state index in [0.717, 1.165) is 25.7 Å². The van der Waals surface area contributed by atoms with E-state index in [1.54, 1.807) is 18.2 Å². The maximum atomic E-state index is 11.7. The first-order valence-electron chi connectivity index (χ1n) is 7.16. The molecule has 2 N–H and O–H groups in total. The van der Waals surface area contributed by atoms with Gasteiger partial charge in [0.2, 0.25) is 0 Å². The standard InChI is InChI=1S/C15H17Cl2N3O2/c16-12-7-4-8-13(17)11(12)9-18-20-15(22)14(21)19-10-5-2-1-3-6-10/h4,7-10H,1-3,5-6H2,(H,19,21)(H,20,22). The molecule has 1 aliphatic carbocycles. The SMILES string of the molecule is O=C(NN=Cc1c(Cl)cccc1Cl)C(=O)NC1CCCCC1. The van der Waals surface area contributed by atoms with Crippen molar-refractivity contribution in [3.63, 3.8) is 0 Å². The smallest absolute Gasteiger partial charge is 0.329 e. The number of hydrogen-bond donors (Lipinski definition) is 2. The van der Waals surface area contributed by atoms with Crippen molar-refractivity contribution < 1.29 is 9.59 Å². The molecule has 1 saturated carbocycles. The predicted octanol–water partition coefficient (Wildman–Crippen LogP) is 2.89. The van der Waals surface area contributed by atoms with E-state index in [4.69, 9.17) is 23.2 Å². The summed E-state index contributed by atoms with van der Waals surface area (Å²) in [5, 5.41) is 7.26. The minimum atomic E-state index is -0.801. The summed E-state index contributed by atoms with van der Waals surface area (Å²) in [5.41, 5.74) is 2.66. The molecule has 0 heterocycles. The molecule has 0 atom stereocenters. The average molecular weight is 342 g/mol. The Labute approximate surface area is 139 Å². The molecule has 2 amide bonds. The lowest BCUT2D eigenvalue weighted by Crippen LogP contribution is -2.44. The number of carbonyl (C=O) groups is 2. The fourth-order valence-corrected chi connectivity index (χ4v) is 2.83. The quantitative estimate of drug-likeness (QED) is 0.504. The summed E-state index contributed by atoms with van der Waals surface area (Å²) in [6, 6.07) is 5.10. The molecular formula is C15H17Cl2N3O2. The molecule has 5 nitrogen and oxygen atoms in total. The third-order valence-corrected chi connectivity index (χ3v) is 4.17. The van der Waals surface area contributed by atoms with E-state index < -0.39 is 11.8 Å². The van der Waals surface area contributed by atoms with Gasteiger partial charge in [-0.25, -0.2) is 5.43 Å². The van der Waals surface area contributed by atoms with E-state index in [1.165, 1.54) is 12.6 Å². The van der Waals surface area contributed by atoms with Gasteiger partial charge < -0.3 is 5.32 Å². The Hall–Kier alpha value is -1.59. The van der Waals surface area contributed by atoms with Crippen molar-refractivity contribution in [2.45, 2.75) is 38.1 Å². The molecule has 0 spiro atoms. The first-order valence-corrected chi connectivity index (χ1v) is 7.91. The number of halogens is 2. The Bertz CT molecular complexity index is 564. The number of rotatable bonds is 3. The van der Waals surface area contributed by atoms with Gasteiger partial charge in [0.1, 0.15) is 0 Å². The van der Waals surface area contributed by atoms with Crippen LogP contribution in [0.2, 0.25) is 10.0 Å². The monoisotopic (exact) mass is 341 g/mol. The first-order chi connectivity index (χ1) is 10.6. The molecule has 22 heavy (non-hydrogen) atoms. The van der Waals surface area contributed by atoms with E-state index in [1.807, 2.05) is 0 Å². The van der Waals surface area contributed by atoms with Gasteiger partial charge in [0.15, 0.2) is 0 Å². The lowest BCUT2D eigenvalue weighted by molar-refractivity contribution is -0.139. The number of nitrogens with one attached hydrogen (secondary N) is 2. The van der Waals surface area contributed by atoms with E-state index in [2.05, 4.69) is 15.8 Å². The maximum absolute atomic E-state index is 11.7. The number of nitrogens with zero attached hydrogens (tertiary/aromatic N) is 1. The molecule has 1 aromatic rings. The first kappa shape index (κ1) is 16.8. The molecule has 0 bridgehead atoms. The molecule has 0 saturated heterocycles. The van der Waals surface area contributed by atoms with Crippen LogP contribution in [0.3, 0.4) is 0 Å². The van der Waals surface area contributed by atoms with Gasteiger partial charge in [-0.3, -0.25) is 9.59 Å². The fraction of sp³-hybridized carbons (Fsp3) is 0.400. The van der Waals surface area contributed by atoms with Crippen molar-refractivity contribution in [3.8, 4) is 0 Å². The average Bonchev–Trinajstić information content (AvgIpc) is 2.51. The van der Waals surface area contributed by atoms with Crippen molar-refractivity contribution in [2.75, 3.05) is 0 Å². The number of benzene rings is 1. The largest absolute Gasteiger partial charge is 0.345 e. The van der Waals surface area contributed by atoms with Crippen LogP contribution in [0.1, 0.15) is 37.7 Å². The third-order valence-electron chi connectivity index (χ3n) is 3.51. The van der Waals surface area contributed by atoms with Gasteiger partial charge in [-0.1, -0.05) is 48.5 Å². The minimum Gasteiger partial charge on any atom is -0.345 e. The van der Waals surface area contributed by atoms with Gasteiger partial charge in [-0.2, -0.15) is 5.10 Å². The van der Waals surface area contributed by atoms with Crippen molar-refractivity contribution in [2.24, 2.45) is 5.10 Å². The van der Waals surface area contributed by atoms with Crippen LogP contribution in [0.25, 0.3) is 0 Å². The number of hydrogen-bond acceptors (Lipinski definition) is 3. The minimum absolute atomic E-state index is 0.0778. The second-order valence-electron chi connectivity index (χ2n) is 5.14. The Kier molecular flexibility index (Phi) is 6.21. The summed E-state index contributed by atoms with van der Waals surface area (Å²) in [7, 11) is 0. The van der Waals surface area contributed by atoms with E-state index >= 15 is 0 Å². The Balaban J connectivity index is 1.86. The van der Waals surface area contributed by atoms with Crippen LogP contribution in [-0.4, -0.2) is 24.1 Å². The molecule has 0 aliphatic heterocycles. The number of hydrazone groups is 1. The molecule has 118 valence electrons. The molecule has 2 rings (SSSR count). The number of carbonyl (C=O) groups excluding carboxylic acids is 2. The lowest BCUT2D eigenvalue weighted by atomic mass is 9.95. The van der Waals surface area contributed by atoms with Gasteiger partial charge in [0.05, 0.1) is 16.3 Å². The van der Waals surface area contributed by atoms with Crippen molar-refractivity contribution in [3.05, 3.63) is 33.8 Å². The van der Waals surface area contributed by atoms with Crippen LogP contribution in [0, 0.1) is 0 Å². The van der Waals surface area contributed by atoms with Gasteiger partial charge in [0, 0.05) is 11.6 Å². The van der Waals surface area contributed by atoms with Crippen molar-refractivity contribution in [1.82, 2.24) is 10.7 Å². The summed E-state index contributed by atoms with van der Waals surface area (Å²) >= 11 is 11.9. The van der Waals surface area contributed by atoms with Crippen LogP contribution in [0.5, 0.6) is 0 Å². The normalized spacial score (nSPS) is 15.7. The zero-order chi connectivity index (χ0) is 15.9. The lowest BCUT2D eigenvalue weighted by Gasteiger charge is -2.22. The summed E-state index contributed by atoms with van der Waals surface area (Å²) in [6.45, 7) is 0. The number of amides is 2. The van der Waals surface area contributed by atoms with Crippen LogP contribution in [0.15, 0.2) is 23.3 Å². The highest BCUT2D eigenvalue weighted by Crippen LogP contribution is 2.22. The van der Waals surface area contributed by atoms with Gasteiger partial charge >= 0.3 is 11.8 Å². The Morgan fingerprint density at radius 1 is 1.09 bits per heavy atom. The van der Waals surface area contributed by atoms with Crippen molar-refractivity contribution >= 4 is 41.2 Å². The molecule has 1 aromatic carbocycles. The van der Waals surface area contributed by atoms with E-state index in [0.29, 0.717) is 15.6 Å². The third kappa shape index (κ3) is 4.71. The maximum Gasteiger partial charge on any atom is 0.329 e. The molecule has 1 aliphatic rings. The fourth-order valence-electron chi connectivity index (χ4n) is 2.34. The molecule has 0 aromatic heterocycles. The van der Waals surface area contributed by atoms with Crippen LogP contribution < -0.4 is 10.7 Å². The second-order valence-corrected chi connectivity index (χ2v) is 5.96. The van der Waals surface area contributed by atoms with Crippen LogP contribution in [0.4, 0.5) is 0 Å². The molecule has 7 heteroatoms. The zero-order valence-corrected chi connectivity index (χ0v) is 13.5. The Morgan fingerprint density at radius 2 is 1.73 bits per heavy atom. The predicted molar refractivity (Wildman–Crippen MR) is 87.2 cm³/mol. The molecule has 0 radical (unpaired) electrons. The second kappa shape index (κ2) is 8.15. The van der Waals surface area contributed by atoms with Crippen molar-refractivity contribution in [1.29, 1.82) is 0 Å². The van der Waals surface area contributed by atoms with Gasteiger partial charge in [-0.05, 0) is 25.0 Å². The summed E-state index contributed by atoms with van der Waals surface area (Å²) in [4.78, 5) is 23.4. The molecule has 1 fully saturated rings. The highest BCUT2D eigenvalue weighted by atomic mass is 35.5. The summed E-state index contributed by atoms with van der Waals surface area (Å²) in [5.74, 6) is -1.47. The highest BCUT2D eigenvalue weighted by molar-refractivity contribution is 6.38.